The Bertz CT molecular complexity index is 940. The summed E-state index contributed by atoms with van der Waals surface area (Å²) >= 11 is 0. The van der Waals surface area contributed by atoms with Crippen LogP contribution in [0.15, 0.2) is 30.8 Å². The van der Waals surface area contributed by atoms with E-state index in [-0.39, 0.29) is 24.8 Å². The molecule has 0 bridgehead atoms. The van der Waals surface area contributed by atoms with Gasteiger partial charge in [0.1, 0.15) is 11.4 Å². The van der Waals surface area contributed by atoms with Crippen LogP contribution < -0.4 is 4.74 Å². The van der Waals surface area contributed by atoms with E-state index in [1.54, 1.807) is 32.0 Å². The molecule has 5 nitrogen and oxygen atoms in total. The fourth-order valence-corrected chi connectivity index (χ4v) is 3.21. The minimum atomic E-state index is -0.799. The summed E-state index contributed by atoms with van der Waals surface area (Å²) in [6.45, 7) is 9.14. The average molecular weight is 385 g/mol. The molecule has 0 saturated heterocycles. The largest absolute Gasteiger partial charge is 0.469 e. The molecule has 0 spiro atoms. The van der Waals surface area contributed by atoms with Crippen LogP contribution in [0.1, 0.15) is 48.8 Å². The Hall–Kier alpha value is -2.73. The fraction of sp³-hybridized carbons (Fsp3) is 0.364. The van der Waals surface area contributed by atoms with Crippen LogP contribution >= 0.6 is 0 Å². The van der Waals surface area contributed by atoms with Gasteiger partial charge >= 0.3 is 5.97 Å². The van der Waals surface area contributed by atoms with Gasteiger partial charge in [-0.3, -0.25) is 0 Å². The highest BCUT2D eigenvalue weighted by molar-refractivity contribution is 5.90. The van der Waals surface area contributed by atoms with Gasteiger partial charge in [0.2, 0.25) is 5.88 Å². The lowest BCUT2D eigenvalue weighted by atomic mass is 9.89. The summed E-state index contributed by atoms with van der Waals surface area (Å²) in [5.41, 5.74) is 2.31. The van der Waals surface area contributed by atoms with Crippen LogP contribution in [0.2, 0.25) is 0 Å². The van der Waals surface area contributed by atoms with Crippen molar-refractivity contribution in [2.24, 2.45) is 0 Å². The van der Waals surface area contributed by atoms with E-state index < -0.39 is 17.4 Å². The Morgan fingerprint density at radius 1 is 1.39 bits per heavy atom. The standard InChI is InChI=1S/C22H24FNO4/c1-5-27-21(26)19-11-17(15-7-6-14(13(2)3)10-18(15)23)16-8-9-22(4,12-25)28-20(16)24-19/h6-7,10-11,25H,2,5,8-9,12H2,1,3-4H3. The van der Waals surface area contributed by atoms with E-state index in [0.29, 0.717) is 35.1 Å². The first-order valence-electron chi connectivity index (χ1n) is 9.24. The summed E-state index contributed by atoms with van der Waals surface area (Å²) < 4.78 is 25.9. The lowest BCUT2D eigenvalue weighted by molar-refractivity contribution is 0.00374. The van der Waals surface area contributed by atoms with E-state index in [9.17, 15) is 14.3 Å². The van der Waals surface area contributed by atoms with Crippen molar-refractivity contribution in [3.05, 3.63) is 53.5 Å². The lowest BCUT2D eigenvalue weighted by Crippen LogP contribution is -2.40. The topological polar surface area (TPSA) is 68.7 Å². The number of hydrogen-bond donors (Lipinski definition) is 1. The van der Waals surface area contributed by atoms with Gasteiger partial charge in [-0.2, -0.15) is 0 Å². The Balaban J connectivity index is 2.17. The number of nitrogens with zero attached hydrogens (tertiary/aromatic N) is 1. The molecule has 3 rings (SSSR count). The molecule has 1 aromatic heterocycles. The van der Waals surface area contributed by atoms with E-state index in [4.69, 9.17) is 9.47 Å². The van der Waals surface area contributed by atoms with E-state index >= 15 is 0 Å². The number of aliphatic hydroxyl groups excluding tert-OH is 1. The molecule has 1 N–H and O–H groups in total. The third kappa shape index (κ3) is 3.78. The number of allylic oxidation sites excluding steroid dienone is 1. The zero-order chi connectivity index (χ0) is 20.5. The molecule has 0 amide bonds. The summed E-state index contributed by atoms with van der Waals surface area (Å²) in [5, 5.41) is 9.64. The second-order valence-corrected chi connectivity index (χ2v) is 7.24. The van der Waals surface area contributed by atoms with E-state index in [2.05, 4.69) is 11.6 Å². The number of rotatable bonds is 5. The van der Waals surface area contributed by atoms with E-state index in [1.807, 2.05) is 6.92 Å². The highest BCUT2D eigenvalue weighted by atomic mass is 19.1. The molecule has 1 aliphatic heterocycles. The average Bonchev–Trinajstić information content (AvgIpc) is 2.67. The number of benzene rings is 1. The number of hydrogen-bond acceptors (Lipinski definition) is 5. The van der Waals surface area contributed by atoms with Crippen molar-refractivity contribution in [2.75, 3.05) is 13.2 Å². The predicted molar refractivity (Wildman–Crippen MR) is 105 cm³/mol. The summed E-state index contributed by atoms with van der Waals surface area (Å²) in [6.07, 6.45) is 1.09. The first-order valence-corrected chi connectivity index (χ1v) is 9.24. The molecule has 0 aliphatic carbocycles. The van der Waals surface area contributed by atoms with Crippen molar-refractivity contribution in [2.45, 2.75) is 39.2 Å². The summed E-state index contributed by atoms with van der Waals surface area (Å²) in [4.78, 5) is 16.6. The molecule has 0 radical (unpaired) electrons. The summed E-state index contributed by atoms with van der Waals surface area (Å²) in [7, 11) is 0. The van der Waals surface area contributed by atoms with Crippen molar-refractivity contribution in [3.63, 3.8) is 0 Å². The monoisotopic (exact) mass is 385 g/mol. The zero-order valence-corrected chi connectivity index (χ0v) is 16.3. The molecular weight excluding hydrogens is 361 g/mol. The van der Waals surface area contributed by atoms with Crippen LogP contribution in [0.5, 0.6) is 5.88 Å². The van der Waals surface area contributed by atoms with Gasteiger partial charge in [-0.15, -0.1) is 0 Å². The predicted octanol–water partition coefficient (Wildman–Crippen LogP) is 4.17. The molecule has 1 aromatic carbocycles. The molecule has 2 aromatic rings. The number of fused-ring (bicyclic) bond motifs is 1. The number of ether oxygens (including phenoxy) is 2. The van der Waals surface area contributed by atoms with Gasteiger partial charge in [0.15, 0.2) is 5.69 Å². The maximum absolute atomic E-state index is 14.9. The second-order valence-electron chi connectivity index (χ2n) is 7.24. The molecule has 2 heterocycles. The number of halogens is 1. The number of pyridine rings is 1. The van der Waals surface area contributed by atoms with Crippen molar-refractivity contribution < 1.29 is 23.8 Å². The maximum Gasteiger partial charge on any atom is 0.357 e. The maximum atomic E-state index is 14.9. The first kappa shape index (κ1) is 20.0. The molecule has 28 heavy (non-hydrogen) atoms. The number of carbonyl (C=O) groups excluding carboxylic acids is 1. The fourth-order valence-electron chi connectivity index (χ4n) is 3.21. The number of aliphatic hydroxyl groups is 1. The van der Waals surface area contributed by atoms with Crippen LogP contribution in [-0.4, -0.2) is 34.9 Å². The van der Waals surface area contributed by atoms with E-state index in [0.717, 1.165) is 5.57 Å². The van der Waals surface area contributed by atoms with Crippen molar-refractivity contribution in [1.82, 2.24) is 4.98 Å². The minimum absolute atomic E-state index is 0.0427. The quantitative estimate of drug-likeness (QED) is 0.782. The molecule has 1 aliphatic rings. The van der Waals surface area contributed by atoms with Gasteiger partial charge in [-0.05, 0) is 56.9 Å². The van der Waals surface area contributed by atoms with Crippen LogP contribution in [0.4, 0.5) is 4.39 Å². The molecule has 6 heteroatoms. The third-order valence-electron chi connectivity index (χ3n) is 4.90. The van der Waals surface area contributed by atoms with Crippen molar-refractivity contribution >= 4 is 11.5 Å². The zero-order valence-electron chi connectivity index (χ0n) is 16.3. The second kappa shape index (κ2) is 7.72. The summed E-state index contributed by atoms with van der Waals surface area (Å²) in [5.74, 6) is -0.795. The number of carbonyl (C=O) groups is 1. The number of esters is 1. The van der Waals surface area contributed by atoms with Crippen LogP contribution in [-0.2, 0) is 11.2 Å². The SMILES string of the molecule is C=C(C)c1ccc(-c2cc(C(=O)OCC)nc3c2CCC(C)(CO)O3)c(F)c1. The van der Waals surface area contributed by atoms with Crippen LogP contribution in [0.3, 0.4) is 0 Å². The van der Waals surface area contributed by atoms with Gasteiger partial charge < -0.3 is 14.6 Å². The Labute approximate surface area is 163 Å². The van der Waals surface area contributed by atoms with Gasteiger partial charge in [-0.1, -0.05) is 24.3 Å². The summed E-state index contributed by atoms with van der Waals surface area (Å²) in [6, 6.07) is 6.43. The lowest BCUT2D eigenvalue weighted by Gasteiger charge is -2.34. The Kier molecular flexibility index (Phi) is 5.52. The molecular formula is C22H24FNO4. The Morgan fingerprint density at radius 2 is 2.14 bits per heavy atom. The van der Waals surface area contributed by atoms with Gasteiger partial charge in [0.25, 0.3) is 0 Å². The van der Waals surface area contributed by atoms with Crippen LogP contribution in [0, 0.1) is 5.82 Å². The third-order valence-corrected chi connectivity index (χ3v) is 4.90. The van der Waals surface area contributed by atoms with E-state index in [1.165, 1.54) is 6.07 Å². The molecule has 1 atom stereocenters. The van der Waals surface area contributed by atoms with Gasteiger partial charge in [0.05, 0.1) is 13.2 Å². The smallest absolute Gasteiger partial charge is 0.357 e. The van der Waals surface area contributed by atoms with Crippen molar-refractivity contribution in [1.29, 1.82) is 0 Å². The van der Waals surface area contributed by atoms with Gasteiger partial charge in [0, 0.05) is 11.1 Å². The highest BCUT2D eigenvalue weighted by Crippen LogP contribution is 2.39. The molecule has 0 fully saturated rings. The minimum Gasteiger partial charge on any atom is -0.469 e. The number of aromatic nitrogens is 1. The molecule has 1 unspecified atom stereocenters. The molecule has 148 valence electrons. The first-order chi connectivity index (χ1) is 13.3. The normalized spacial score (nSPS) is 18.2. The van der Waals surface area contributed by atoms with Crippen molar-refractivity contribution in [3.8, 4) is 17.0 Å². The molecule has 0 saturated carbocycles. The van der Waals surface area contributed by atoms with Crippen LogP contribution in [0.25, 0.3) is 16.7 Å². The highest BCUT2D eigenvalue weighted by Gasteiger charge is 2.34. The van der Waals surface area contributed by atoms with Gasteiger partial charge in [-0.25, -0.2) is 14.2 Å². The Morgan fingerprint density at radius 3 is 2.75 bits per heavy atom.